The zero-order valence-corrected chi connectivity index (χ0v) is 12.3. The van der Waals surface area contributed by atoms with E-state index >= 15 is 0 Å². The third-order valence-electron chi connectivity index (χ3n) is 4.10. The number of benzene rings is 1. The molecule has 0 unspecified atom stereocenters. The molecule has 116 valence electrons. The van der Waals surface area contributed by atoms with Crippen LogP contribution in [0.3, 0.4) is 0 Å². The molecular formula is C15H17N3O4. The van der Waals surface area contributed by atoms with E-state index in [2.05, 4.69) is 5.10 Å². The molecule has 22 heavy (non-hydrogen) atoms. The maximum Gasteiger partial charge on any atom is 0.270 e. The number of non-ortho nitro benzene ring substituents is 1. The third kappa shape index (κ3) is 2.43. The molecule has 0 aromatic heterocycles. The van der Waals surface area contributed by atoms with Crippen molar-refractivity contribution in [3.8, 4) is 0 Å². The molecule has 1 heterocycles. The fraction of sp³-hybridized carbons (Fsp3) is 0.467. The van der Waals surface area contributed by atoms with Gasteiger partial charge in [0.05, 0.1) is 4.92 Å². The first-order chi connectivity index (χ1) is 10.5. The Morgan fingerprint density at radius 3 is 2.73 bits per heavy atom. The lowest BCUT2D eigenvalue weighted by Gasteiger charge is -2.37. The Balaban J connectivity index is 1.95. The molecule has 7 heteroatoms. The van der Waals surface area contributed by atoms with E-state index in [1.807, 2.05) is 0 Å². The Kier molecular flexibility index (Phi) is 3.56. The molecular weight excluding hydrogens is 286 g/mol. The van der Waals surface area contributed by atoms with Crippen molar-refractivity contribution in [2.24, 2.45) is 5.10 Å². The quantitative estimate of drug-likeness (QED) is 0.621. The Morgan fingerprint density at radius 1 is 1.36 bits per heavy atom. The van der Waals surface area contributed by atoms with Gasteiger partial charge in [0.1, 0.15) is 0 Å². The predicted molar refractivity (Wildman–Crippen MR) is 79.1 cm³/mol. The number of rotatable bonds is 2. The molecule has 0 saturated heterocycles. The van der Waals surface area contributed by atoms with Crippen LogP contribution in [0.1, 0.15) is 44.6 Å². The summed E-state index contributed by atoms with van der Waals surface area (Å²) in [6, 6.07) is 6.12. The molecule has 1 saturated carbocycles. The third-order valence-corrected chi connectivity index (χ3v) is 4.10. The van der Waals surface area contributed by atoms with Crippen LogP contribution in [-0.2, 0) is 9.53 Å². The van der Waals surface area contributed by atoms with Crippen molar-refractivity contribution in [1.82, 2.24) is 5.01 Å². The summed E-state index contributed by atoms with van der Waals surface area (Å²) >= 11 is 0. The molecule has 1 aromatic rings. The number of carbonyl (C=O) groups excluding carboxylic acids is 1. The molecule has 0 atom stereocenters. The van der Waals surface area contributed by atoms with Crippen molar-refractivity contribution in [1.29, 1.82) is 0 Å². The lowest BCUT2D eigenvalue weighted by molar-refractivity contribution is -0.384. The first-order valence-electron chi connectivity index (χ1n) is 7.35. The van der Waals surface area contributed by atoms with Gasteiger partial charge in [0.2, 0.25) is 17.5 Å². The molecule has 0 N–H and O–H groups in total. The van der Waals surface area contributed by atoms with E-state index in [1.165, 1.54) is 24.1 Å². The zero-order chi connectivity index (χ0) is 15.7. The molecule has 1 spiro atoms. The number of nitrogens with zero attached hydrogens (tertiary/aromatic N) is 3. The molecule has 3 rings (SSSR count). The molecule has 7 nitrogen and oxygen atoms in total. The van der Waals surface area contributed by atoms with Gasteiger partial charge in [-0.3, -0.25) is 14.9 Å². The van der Waals surface area contributed by atoms with Crippen LogP contribution >= 0.6 is 0 Å². The average Bonchev–Trinajstić information content (AvgIpc) is 2.87. The number of nitro groups is 1. The normalized spacial score (nSPS) is 19.7. The first-order valence-corrected chi connectivity index (χ1v) is 7.35. The van der Waals surface area contributed by atoms with Crippen molar-refractivity contribution in [2.45, 2.75) is 44.8 Å². The number of carbonyl (C=O) groups is 1. The van der Waals surface area contributed by atoms with Crippen molar-refractivity contribution >= 4 is 17.5 Å². The van der Waals surface area contributed by atoms with E-state index in [9.17, 15) is 14.9 Å². The van der Waals surface area contributed by atoms with Crippen LogP contribution in [0.4, 0.5) is 5.69 Å². The van der Waals surface area contributed by atoms with Gasteiger partial charge in [-0.05, 0) is 18.9 Å². The lowest BCUT2D eigenvalue weighted by Crippen LogP contribution is -2.48. The Hall–Kier alpha value is -2.44. The highest BCUT2D eigenvalue weighted by atomic mass is 16.6. The summed E-state index contributed by atoms with van der Waals surface area (Å²) in [6.07, 6.45) is 4.52. The average molecular weight is 303 g/mol. The summed E-state index contributed by atoms with van der Waals surface area (Å²) in [5.41, 5.74) is -0.227. The number of hydrogen-bond acceptors (Lipinski definition) is 5. The van der Waals surface area contributed by atoms with Gasteiger partial charge in [0.15, 0.2) is 0 Å². The second-order valence-electron chi connectivity index (χ2n) is 5.65. The van der Waals surface area contributed by atoms with Crippen LogP contribution in [0, 0.1) is 10.1 Å². The summed E-state index contributed by atoms with van der Waals surface area (Å²) in [5.74, 6) is 0.100. The predicted octanol–water partition coefficient (Wildman–Crippen LogP) is 2.80. The van der Waals surface area contributed by atoms with Crippen LogP contribution in [0.2, 0.25) is 0 Å². The van der Waals surface area contributed by atoms with Gasteiger partial charge < -0.3 is 4.74 Å². The number of hydrazone groups is 1. The molecule has 0 bridgehead atoms. The van der Waals surface area contributed by atoms with E-state index in [4.69, 9.17) is 4.74 Å². The van der Waals surface area contributed by atoms with Gasteiger partial charge in [-0.1, -0.05) is 12.5 Å². The van der Waals surface area contributed by atoms with Gasteiger partial charge in [0, 0.05) is 37.5 Å². The Labute approximate surface area is 127 Å². The monoisotopic (exact) mass is 303 g/mol. The summed E-state index contributed by atoms with van der Waals surface area (Å²) in [6.45, 7) is 1.46. The number of nitro benzene ring substituents is 1. The van der Waals surface area contributed by atoms with Crippen molar-refractivity contribution < 1.29 is 14.5 Å². The van der Waals surface area contributed by atoms with Crippen molar-refractivity contribution in [3.63, 3.8) is 0 Å². The van der Waals surface area contributed by atoms with E-state index < -0.39 is 10.6 Å². The van der Waals surface area contributed by atoms with Crippen LogP contribution < -0.4 is 0 Å². The standard InChI is InChI=1S/C15H17N3O4/c1-11(19)17-15(8-3-2-4-9-15)22-14(16-17)12-6-5-7-13(10-12)18(20)21/h5-7,10H,2-4,8-9H2,1H3. The maximum atomic E-state index is 11.9. The van der Waals surface area contributed by atoms with Gasteiger partial charge in [-0.25, -0.2) is 0 Å². The highest BCUT2D eigenvalue weighted by molar-refractivity contribution is 5.97. The topological polar surface area (TPSA) is 85.0 Å². The molecule has 0 radical (unpaired) electrons. The maximum absolute atomic E-state index is 11.9. The van der Waals surface area contributed by atoms with Crippen LogP contribution in [0.5, 0.6) is 0 Å². The molecule has 2 aliphatic rings. The minimum atomic E-state index is -0.718. The molecule has 1 aliphatic heterocycles. The van der Waals surface area contributed by atoms with E-state index in [0.717, 1.165) is 32.1 Å². The zero-order valence-electron chi connectivity index (χ0n) is 12.3. The van der Waals surface area contributed by atoms with Crippen molar-refractivity contribution in [3.05, 3.63) is 39.9 Å². The second-order valence-corrected chi connectivity index (χ2v) is 5.65. The highest BCUT2D eigenvalue weighted by Gasteiger charge is 2.47. The lowest BCUT2D eigenvalue weighted by atomic mass is 9.91. The summed E-state index contributed by atoms with van der Waals surface area (Å²) in [7, 11) is 0. The fourth-order valence-corrected chi connectivity index (χ4v) is 3.07. The summed E-state index contributed by atoms with van der Waals surface area (Å²) < 4.78 is 6.02. The molecule has 1 aromatic carbocycles. The molecule has 1 aliphatic carbocycles. The van der Waals surface area contributed by atoms with E-state index in [0.29, 0.717) is 5.56 Å². The smallest absolute Gasteiger partial charge is 0.270 e. The van der Waals surface area contributed by atoms with Gasteiger partial charge in [0.25, 0.3) is 5.69 Å². The van der Waals surface area contributed by atoms with Crippen LogP contribution in [0.25, 0.3) is 0 Å². The molecule has 1 amide bonds. The number of ether oxygens (including phenoxy) is 1. The SMILES string of the molecule is CC(=O)N1N=C(c2cccc([N+](=O)[O-])c2)OC12CCCCC2. The van der Waals surface area contributed by atoms with E-state index in [1.54, 1.807) is 12.1 Å². The minimum absolute atomic E-state index is 0.0252. The van der Waals surface area contributed by atoms with Crippen LogP contribution in [0.15, 0.2) is 29.4 Å². The number of amides is 1. The summed E-state index contributed by atoms with van der Waals surface area (Å²) in [5, 5.41) is 16.6. The Morgan fingerprint density at radius 2 is 2.09 bits per heavy atom. The van der Waals surface area contributed by atoms with Crippen LogP contribution in [-0.4, -0.2) is 27.5 Å². The minimum Gasteiger partial charge on any atom is -0.447 e. The van der Waals surface area contributed by atoms with Gasteiger partial charge >= 0.3 is 0 Å². The van der Waals surface area contributed by atoms with Gasteiger partial charge in [-0.2, -0.15) is 5.01 Å². The largest absolute Gasteiger partial charge is 0.447 e. The fourth-order valence-electron chi connectivity index (χ4n) is 3.07. The Bertz CT molecular complexity index is 650. The number of hydrogen-bond donors (Lipinski definition) is 0. The molecule has 1 fully saturated rings. The highest BCUT2D eigenvalue weighted by Crippen LogP contribution is 2.39. The summed E-state index contributed by atoms with van der Waals surface area (Å²) in [4.78, 5) is 22.3. The van der Waals surface area contributed by atoms with Crippen molar-refractivity contribution in [2.75, 3.05) is 0 Å². The van der Waals surface area contributed by atoms with Gasteiger partial charge in [-0.15, -0.1) is 5.10 Å². The second kappa shape index (κ2) is 5.40. The van der Waals surface area contributed by atoms with E-state index in [-0.39, 0.29) is 17.5 Å². The first kappa shape index (κ1) is 14.5.